The summed E-state index contributed by atoms with van der Waals surface area (Å²) in [6.45, 7) is 5.98. The second-order valence-corrected chi connectivity index (χ2v) is 12.2. The number of benzene rings is 2. The Morgan fingerprint density at radius 1 is 0.535 bits per heavy atom. The minimum absolute atomic E-state index is 0.0136. The molecular weight excluding hydrogens is 528 g/mol. The summed E-state index contributed by atoms with van der Waals surface area (Å²) in [6.07, 6.45) is 31.5. The van der Waals surface area contributed by atoms with Crippen LogP contribution in [-0.2, 0) is 0 Å². The van der Waals surface area contributed by atoms with Gasteiger partial charge in [-0.05, 0) is 48.7 Å². The Kier molecular flexibility index (Phi) is 22.1. The molecule has 0 heterocycles. The molecule has 0 bridgehead atoms. The predicted molar refractivity (Wildman–Crippen MR) is 186 cm³/mol. The van der Waals surface area contributed by atoms with Gasteiger partial charge in [-0.3, -0.25) is 4.79 Å². The van der Waals surface area contributed by atoms with E-state index in [9.17, 15) is 4.79 Å². The topological polar surface area (TPSA) is 35.5 Å². The van der Waals surface area contributed by atoms with Crippen molar-refractivity contribution in [3.8, 4) is 11.5 Å². The summed E-state index contributed by atoms with van der Waals surface area (Å²) in [4.78, 5) is 12.8. The number of rotatable bonds is 28. The zero-order valence-electron chi connectivity index (χ0n) is 27.8. The average Bonchev–Trinajstić information content (AvgIpc) is 3.03. The van der Waals surface area contributed by atoms with Crippen LogP contribution in [0.2, 0.25) is 0 Å². The second-order valence-electron chi connectivity index (χ2n) is 12.2. The van der Waals surface area contributed by atoms with Crippen molar-refractivity contribution < 1.29 is 14.3 Å². The van der Waals surface area contributed by atoms with Gasteiger partial charge in [0.2, 0.25) is 0 Å². The zero-order chi connectivity index (χ0) is 30.6. The highest BCUT2D eigenvalue weighted by molar-refractivity contribution is 6.07. The van der Waals surface area contributed by atoms with Crippen LogP contribution in [0, 0.1) is 0 Å². The molecule has 0 aliphatic heterocycles. The quantitative estimate of drug-likeness (QED) is 0.0562. The Labute approximate surface area is 264 Å². The molecule has 0 N–H and O–H groups in total. The largest absolute Gasteiger partial charge is 0.494 e. The highest BCUT2D eigenvalue weighted by atomic mass is 16.5. The first-order valence-electron chi connectivity index (χ1n) is 17.9. The molecule has 3 heteroatoms. The smallest absolute Gasteiger partial charge is 0.185 e. The molecule has 0 aliphatic carbocycles. The lowest BCUT2D eigenvalue weighted by molar-refractivity contribution is 0.104. The molecule has 0 saturated carbocycles. The van der Waals surface area contributed by atoms with E-state index in [1.165, 1.54) is 122 Å². The van der Waals surface area contributed by atoms with Crippen molar-refractivity contribution in [1.29, 1.82) is 0 Å². The first-order chi connectivity index (χ1) is 21.2. The third-order valence-electron chi connectivity index (χ3n) is 8.21. The molecule has 2 aromatic carbocycles. The number of allylic oxidation sites excluding steroid dienone is 1. The van der Waals surface area contributed by atoms with Crippen LogP contribution in [0.5, 0.6) is 11.5 Å². The summed E-state index contributed by atoms with van der Waals surface area (Å²) >= 11 is 0. The lowest BCUT2D eigenvalue weighted by Gasteiger charge is -2.07. The van der Waals surface area contributed by atoms with Crippen LogP contribution in [0.25, 0.3) is 6.08 Å². The Bertz CT molecular complexity index is 962. The number of unbranched alkanes of at least 4 members (excludes halogenated alkanes) is 19. The van der Waals surface area contributed by atoms with Crippen LogP contribution < -0.4 is 9.47 Å². The first kappa shape index (κ1) is 36.6. The molecule has 0 radical (unpaired) electrons. The van der Waals surface area contributed by atoms with Gasteiger partial charge in [-0.2, -0.15) is 0 Å². The average molecular weight is 591 g/mol. The number of ether oxygens (including phenoxy) is 2. The van der Waals surface area contributed by atoms with E-state index in [2.05, 4.69) is 13.8 Å². The Morgan fingerprint density at radius 3 is 1.47 bits per heavy atom. The molecule has 2 rings (SSSR count). The van der Waals surface area contributed by atoms with Crippen molar-refractivity contribution in [1.82, 2.24) is 0 Å². The number of carbonyl (C=O) groups is 1. The van der Waals surface area contributed by atoms with E-state index in [0.717, 1.165) is 36.5 Å². The summed E-state index contributed by atoms with van der Waals surface area (Å²) in [6, 6.07) is 15.5. The van der Waals surface area contributed by atoms with Gasteiger partial charge in [0.25, 0.3) is 0 Å². The summed E-state index contributed by atoms with van der Waals surface area (Å²) in [7, 11) is 0. The molecular formula is C40H62O3. The molecule has 240 valence electrons. The van der Waals surface area contributed by atoms with Crippen LogP contribution in [0.4, 0.5) is 0 Å². The number of ketones is 1. The molecule has 2 aromatic rings. The van der Waals surface area contributed by atoms with Crippen molar-refractivity contribution in [3.05, 3.63) is 65.7 Å². The van der Waals surface area contributed by atoms with E-state index in [1.54, 1.807) is 6.08 Å². The Hall–Kier alpha value is -2.55. The third-order valence-corrected chi connectivity index (χ3v) is 8.21. The fourth-order valence-electron chi connectivity index (χ4n) is 5.42. The molecule has 0 unspecified atom stereocenters. The summed E-state index contributed by atoms with van der Waals surface area (Å²) in [5, 5.41) is 0. The summed E-state index contributed by atoms with van der Waals surface area (Å²) in [5.74, 6) is 1.64. The fraction of sp³-hybridized carbons (Fsp3) is 0.625. The highest BCUT2D eigenvalue weighted by Crippen LogP contribution is 2.18. The molecule has 0 spiro atoms. The van der Waals surface area contributed by atoms with Crippen molar-refractivity contribution in [3.63, 3.8) is 0 Å². The van der Waals surface area contributed by atoms with E-state index < -0.39 is 0 Å². The van der Waals surface area contributed by atoms with E-state index >= 15 is 0 Å². The summed E-state index contributed by atoms with van der Waals surface area (Å²) in [5.41, 5.74) is 1.64. The molecule has 0 saturated heterocycles. The van der Waals surface area contributed by atoms with Crippen molar-refractivity contribution in [2.75, 3.05) is 13.2 Å². The van der Waals surface area contributed by atoms with Crippen LogP contribution in [0.1, 0.15) is 165 Å². The molecule has 0 fully saturated rings. The van der Waals surface area contributed by atoms with Crippen molar-refractivity contribution >= 4 is 11.9 Å². The van der Waals surface area contributed by atoms with Gasteiger partial charge in [-0.25, -0.2) is 0 Å². The molecule has 0 aromatic heterocycles. The standard InChI is InChI=1S/C40H62O3/c1-3-5-7-9-10-11-12-13-14-15-16-17-18-19-21-23-34-43-39-26-24-25-37(35-39)40(41)32-29-36-27-30-38(31-28-36)42-33-22-20-8-6-4-2/h24-32,35H,3-23,33-34H2,1-2H3/b32-29+. The van der Waals surface area contributed by atoms with Gasteiger partial charge in [-0.1, -0.05) is 166 Å². The van der Waals surface area contributed by atoms with E-state index in [0.29, 0.717) is 12.2 Å². The third kappa shape index (κ3) is 19.4. The molecule has 3 nitrogen and oxygen atoms in total. The van der Waals surface area contributed by atoms with Gasteiger partial charge in [0.15, 0.2) is 5.78 Å². The van der Waals surface area contributed by atoms with Crippen molar-refractivity contribution in [2.24, 2.45) is 0 Å². The zero-order valence-corrected chi connectivity index (χ0v) is 27.8. The minimum Gasteiger partial charge on any atom is -0.494 e. The lowest BCUT2D eigenvalue weighted by atomic mass is 10.0. The van der Waals surface area contributed by atoms with Gasteiger partial charge in [0, 0.05) is 5.56 Å². The summed E-state index contributed by atoms with van der Waals surface area (Å²) < 4.78 is 11.8. The molecule has 43 heavy (non-hydrogen) atoms. The van der Waals surface area contributed by atoms with E-state index in [4.69, 9.17) is 9.47 Å². The maximum atomic E-state index is 12.8. The lowest BCUT2D eigenvalue weighted by Crippen LogP contribution is -2.00. The highest BCUT2D eigenvalue weighted by Gasteiger charge is 2.04. The maximum absolute atomic E-state index is 12.8. The number of hydrogen-bond donors (Lipinski definition) is 0. The van der Waals surface area contributed by atoms with Gasteiger partial charge in [0.05, 0.1) is 13.2 Å². The minimum atomic E-state index is -0.0136. The molecule has 0 aliphatic rings. The normalized spacial score (nSPS) is 11.3. The second kappa shape index (κ2) is 25.9. The van der Waals surface area contributed by atoms with Gasteiger partial charge >= 0.3 is 0 Å². The monoisotopic (exact) mass is 590 g/mol. The van der Waals surface area contributed by atoms with Crippen LogP contribution in [0.15, 0.2) is 54.6 Å². The van der Waals surface area contributed by atoms with E-state index in [-0.39, 0.29) is 5.78 Å². The SMILES string of the molecule is CCCCCCCCCCCCCCCCCCOc1cccc(C(=O)/C=C/c2ccc(OCCCCCCC)cc2)c1. The fourth-order valence-corrected chi connectivity index (χ4v) is 5.42. The Morgan fingerprint density at radius 2 is 0.977 bits per heavy atom. The number of hydrogen-bond acceptors (Lipinski definition) is 3. The molecule has 0 atom stereocenters. The van der Waals surface area contributed by atoms with E-state index in [1.807, 2.05) is 54.6 Å². The number of carbonyl (C=O) groups excluding carboxylic acids is 1. The maximum Gasteiger partial charge on any atom is 0.185 e. The van der Waals surface area contributed by atoms with Crippen LogP contribution in [0.3, 0.4) is 0 Å². The van der Waals surface area contributed by atoms with Gasteiger partial charge in [0.1, 0.15) is 11.5 Å². The predicted octanol–water partition coefficient (Wildman–Crippen LogP) is 12.6. The molecule has 0 amide bonds. The van der Waals surface area contributed by atoms with Crippen LogP contribution >= 0.6 is 0 Å². The Balaban J connectivity index is 1.51. The first-order valence-corrected chi connectivity index (χ1v) is 17.9. The van der Waals surface area contributed by atoms with Crippen molar-refractivity contribution in [2.45, 2.75) is 149 Å². The van der Waals surface area contributed by atoms with Crippen LogP contribution in [-0.4, -0.2) is 19.0 Å². The van der Waals surface area contributed by atoms with Gasteiger partial charge < -0.3 is 9.47 Å². The van der Waals surface area contributed by atoms with Gasteiger partial charge in [-0.15, -0.1) is 0 Å².